The lowest BCUT2D eigenvalue weighted by molar-refractivity contribution is 0.0746. The van der Waals surface area contributed by atoms with Crippen molar-refractivity contribution in [3.05, 3.63) is 76.8 Å². The molecule has 5 nitrogen and oxygen atoms in total. The van der Waals surface area contributed by atoms with E-state index >= 15 is 0 Å². The van der Waals surface area contributed by atoms with Crippen molar-refractivity contribution in [3.8, 4) is 11.3 Å². The average molecular weight is 393 g/mol. The summed E-state index contributed by atoms with van der Waals surface area (Å²) in [5.41, 5.74) is 3.77. The lowest BCUT2D eigenvalue weighted by Gasteiger charge is -2.35. The topological polar surface area (TPSA) is 49.3 Å². The Kier molecular flexibility index (Phi) is 5.26. The highest BCUT2D eigenvalue weighted by Crippen LogP contribution is 2.20. The Labute approximate surface area is 169 Å². The van der Waals surface area contributed by atoms with Crippen molar-refractivity contribution >= 4 is 23.3 Å². The van der Waals surface area contributed by atoms with E-state index in [1.807, 2.05) is 17.0 Å². The molecule has 0 spiro atoms. The van der Waals surface area contributed by atoms with Crippen molar-refractivity contribution in [2.24, 2.45) is 0 Å². The van der Waals surface area contributed by atoms with E-state index in [0.29, 0.717) is 23.7 Å². The minimum atomic E-state index is 0.0166. The summed E-state index contributed by atoms with van der Waals surface area (Å²) in [6, 6.07) is 19.3. The number of benzene rings is 2. The number of hydrogen-bond acceptors (Lipinski definition) is 4. The van der Waals surface area contributed by atoms with Gasteiger partial charge in [-0.2, -0.15) is 0 Å². The Balaban J connectivity index is 1.39. The predicted octanol–water partition coefficient (Wildman–Crippen LogP) is 4.07. The molecule has 0 saturated carbocycles. The van der Waals surface area contributed by atoms with Gasteiger partial charge in [-0.1, -0.05) is 47.5 Å². The first-order chi connectivity index (χ1) is 13.6. The van der Waals surface area contributed by atoms with Gasteiger partial charge in [0.15, 0.2) is 5.82 Å². The van der Waals surface area contributed by atoms with E-state index in [9.17, 15) is 4.79 Å². The normalized spacial score (nSPS) is 14.2. The second-order valence-corrected chi connectivity index (χ2v) is 7.37. The summed E-state index contributed by atoms with van der Waals surface area (Å²) in [6.45, 7) is 4.81. The predicted molar refractivity (Wildman–Crippen MR) is 112 cm³/mol. The van der Waals surface area contributed by atoms with Crippen LogP contribution in [0.4, 0.5) is 5.82 Å². The number of nitrogens with zero attached hydrogens (tertiary/aromatic N) is 4. The van der Waals surface area contributed by atoms with Gasteiger partial charge in [0.25, 0.3) is 5.91 Å². The Hall–Kier alpha value is -2.92. The zero-order valence-corrected chi connectivity index (χ0v) is 16.4. The highest BCUT2D eigenvalue weighted by atomic mass is 35.5. The van der Waals surface area contributed by atoms with Crippen LogP contribution in [0, 0.1) is 6.92 Å². The SMILES string of the molecule is Cc1ccc(-c2ccc(N3CCN(C(=O)c4cccc(Cl)c4)CC3)nn2)cc1. The van der Waals surface area contributed by atoms with E-state index in [1.54, 1.807) is 24.3 Å². The Bertz CT molecular complexity index is 965. The largest absolute Gasteiger partial charge is 0.352 e. The standard InChI is InChI=1S/C22H21ClN4O/c1-16-5-7-17(8-6-16)20-9-10-21(25-24-20)26-11-13-27(14-12-26)22(28)18-3-2-4-19(23)15-18/h2-10,15H,11-14H2,1H3. The van der Waals surface area contributed by atoms with Crippen LogP contribution in [0.3, 0.4) is 0 Å². The van der Waals surface area contributed by atoms with Crippen LogP contribution in [0.25, 0.3) is 11.3 Å². The number of anilines is 1. The van der Waals surface area contributed by atoms with E-state index < -0.39 is 0 Å². The van der Waals surface area contributed by atoms with Crippen LogP contribution in [-0.4, -0.2) is 47.2 Å². The molecule has 0 radical (unpaired) electrons. The molecule has 0 N–H and O–H groups in total. The van der Waals surface area contributed by atoms with Crippen molar-refractivity contribution in [1.82, 2.24) is 15.1 Å². The molecule has 2 aromatic carbocycles. The monoisotopic (exact) mass is 392 g/mol. The first-order valence-corrected chi connectivity index (χ1v) is 9.68. The molecule has 1 aliphatic rings. The van der Waals surface area contributed by atoms with Crippen LogP contribution >= 0.6 is 11.6 Å². The van der Waals surface area contributed by atoms with E-state index in [2.05, 4.69) is 46.3 Å². The van der Waals surface area contributed by atoms with Crippen LogP contribution in [0.1, 0.15) is 15.9 Å². The van der Waals surface area contributed by atoms with Gasteiger partial charge in [0.2, 0.25) is 0 Å². The first-order valence-electron chi connectivity index (χ1n) is 9.31. The van der Waals surface area contributed by atoms with E-state index in [4.69, 9.17) is 11.6 Å². The van der Waals surface area contributed by atoms with Crippen LogP contribution < -0.4 is 4.90 Å². The number of amides is 1. The molecule has 1 aliphatic heterocycles. The van der Waals surface area contributed by atoms with Gasteiger partial charge in [-0.05, 0) is 37.3 Å². The Morgan fingerprint density at radius 2 is 1.68 bits per heavy atom. The van der Waals surface area contributed by atoms with Crippen molar-refractivity contribution in [2.45, 2.75) is 6.92 Å². The van der Waals surface area contributed by atoms with E-state index in [-0.39, 0.29) is 5.91 Å². The molecule has 1 fully saturated rings. The maximum absolute atomic E-state index is 12.6. The molecule has 28 heavy (non-hydrogen) atoms. The quantitative estimate of drug-likeness (QED) is 0.674. The molecule has 0 aliphatic carbocycles. The molecule has 1 aromatic heterocycles. The molecule has 0 unspecified atom stereocenters. The van der Waals surface area contributed by atoms with Gasteiger partial charge in [-0.3, -0.25) is 4.79 Å². The molecule has 142 valence electrons. The average Bonchev–Trinajstić information content (AvgIpc) is 2.74. The summed E-state index contributed by atoms with van der Waals surface area (Å²) in [5.74, 6) is 0.855. The van der Waals surface area contributed by atoms with Gasteiger partial charge < -0.3 is 9.80 Å². The highest BCUT2D eigenvalue weighted by Gasteiger charge is 2.23. The maximum Gasteiger partial charge on any atom is 0.254 e. The van der Waals surface area contributed by atoms with Gasteiger partial charge in [0.1, 0.15) is 0 Å². The van der Waals surface area contributed by atoms with E-state index in [0.717, 1.165) is 30.2 Å². The molecule has 6 heteroatoms. The Morgan fingerprint density at radius 1 is 0.929 bits per heavy atom. The van der Waals surface area contributed by atoms with E-state index in [1.165, 1.54) is 5.56 Å². The maximum atomic E-state index is 12.6. The first kappa shape index (κ1) is 18.4. The summed E-state index contributed by atoms with van der Waals surface area (Å²) in [7, 11) is 0. The summed E-state index contributed by atoms with van der Waals surface area (Å²) >= 11 is 6.00. The van der Waals surface area contributed by atoms with Crippen LogP contribution in [0.2, 0.25) is 5.02 Å². The minimum Gasteiger partial charge on any atom is -0.352 e. The smallest absolute Gasteiger partial charge is 0.254 e. The van der Waals surface area contributed by atoms with Crippen LogP contribution in [0.5, 0.6) is 0 Å². The van der Waals surface area contributed by atoms with Crippen LogP contribution in [-0.2, 0) is 0 Å². The van der Waals surface area contributed by atoms with Gasteiger partial charge in [-0.15, -0.1) is 10.2 Å². The Morgan fingerprint density at radius 3 is 2.32 bits per heavy atom. The van der Waals surface area contributed by atoms with Gasteiger partial charge >= 0.3 is 0 Å². The van der Waals surface area contributed by atoms with Crippen molar-refractivity contribution in [2.75, 3.05) is 31.1 Å². The molecule has 1 amide bonds. The fourth-order valence-electron chi connectivity index (χ4n) is 3.31. The minimum absolute atomic E-state index is 0.0166. The molecule has 3 aromatic rings. The van der Waals surface area contributed by atoms with Crippen molar-refractivity contribution < 1.29 is 4.79 Å². The number of halogens is 1. The third-order valence-corrected chi connectivity index (χ3v) is 5.20. The number of aryl methyl sites for hydroxylation is 1. The van der Waals surface area contributed by atoms with Gasteiger partial charge in [-0.25, -0.2) is 0 Å². The summed E-state index contributed by atoms with van der Waals surface area (Å²) in [4.78, 5) is 16.7. The molecule has 0 atom stereocenters. The molecule has 0 bridgehead atoms. The van der Waals surface area contributed by atoms with Gasteiger partial charge in [0, 0.05) is 42.3 Å². The zero-order valence-electron chi connectivity index (χ0n) is 15.7. The van der Waals surface area contributed by atoms with Crippen molar-refractivity contribution in [1.29, 1.82) is 0 Å². The summed E-state index contributed by atoms with van der Waals surface area (Å²) in [6.07, 6.45) is 0. The molecule has 1 saturated heterocycles. The highest BCUT2D eigenvalue weighted by molar-refractivity contribution is 6.30. The zero-order chi connectivity index (χ0) is 19.5. The second kappa shape index (κ2) is 7.98. The lowest BCUT2D eigenvalue weighted by Crippen LogP contribution is -2.49. The number of rotatable bonds is 3. The number of carbonyl (C=O) groups is 1. The molecule has 2 heterocycles. The number of piperazine rings is 1. The third-order valence-electron chi connectivity index (χ3n) is 4.96. The molecular formula is C22H21ClN4O. The third kappa shape index (κ3) is 3.99. The summed E-state index contributed by atoms with van der Waals surface area (Å²) in [5, 5.41) is 9.35. The second-order valence-electron chi connectivity index (χ2n) is 6.93. The van der Waals surface area contributed by atoms with Crippen LogP contribution in [0.15, 0.2) is 60.7 Å². The lowest BCUT2D eigenvalue weighted by atomic mass is 10.1. The fourth-order valence-corrected chi connectivity index (χ4v) is 3.51. The number of carbonyl (C=O) groups excluding carboxylic acids is 1. The van der Waals surface area contributed by atoms with Gasteiger partial charge in [0.05, 0.1) is 5.69 Å². The number of aromatic nitrogens is 2. The summed E-state index contributed by atoms with van der Waals surface area (Å²) < 4.78 is 0. The molecular weight excluding hydrogens is 372 g/mol. The fraction of sp³-hybridized carbons (Fsp3) is 0.227. The molecule has 4 rings (SSSR count). The number of hydrogen-bond donors (Lipinski definition) is 0. The van der Waals surface area contributed by atoms with Crippen molar-refractivity contribution in [3.63, 3.8) is 0 Å².